The Labute approximate surface area is 147 Å². The van der Waals surface area contributed by atoms with Crippen molar-refractivity contribution in [3.05, 3.63) is 65.7 Å². The summed E-state index contributed by atoms with van der Waals surface area (Å²) in [5.41, 5.74) is 2.40. The molecule has 1 N–H and O–H groups in total. The van der Waals surface area contributed by atoms with Gasteiger partial charge >= 0.3 is 0 Å². The van der Waals surface area contributed by atoms with E-state index in [-0.39, 0.29) is 25.0 Å². The summed E-state index contributed by atoms with van der Waals surface area (Å²) in [4.78, 5) is 28.0. The molecule has 25 heavy (non-hydrogen) atoms. The van der Waals surface area contributed by atoms with Crippen LogP contribution >= 0.6 is 0 Å². The van der Waals surface area contributed by atoms with Crippen molar-refractivity contribution in [2.45, 2.75) is 19.4 Å². The molecule has 0 bridgehead atoms. The van der Waals surface area contributed by atoms with Gasteiger partial charge < -0.3 is 14.9 Å². The van der Waals surface area contributed by atoms with E-state index in [2.05, 4.69) is 0 Å². The number of rotatable bonds is 6. The van der Waals surface area contributed by atoms with Crippen LogP contribution < -0.4 is 4.90 Å². The molecule has 0 spiro atoms. The van der Waals surface area contributed by atoms with Crippen LogP contribution in [-0.4, -0.2) is 41.5 Å². The van der Waals surface area contributed by atoms with Gasteiger partial charge in [0.25, 0.3) is 5.91 Å². The molecule has 2 aromatic carbocycles. The lowest BCUT2D eigenvalue weighted by molar-refractivity contribution is -0.117. The highest BCUT2D eigenvalue weighted by Gasteiger charge is 2.22. The fourth-order valence-electron chi connectivity index (χ4n) is 3.06. The van der Waals surface area contributed by atoms with Crippen LogP contribution in [0, 0.1) is 0 Å². The minimum Gasteiger partial charge on any atom is -0.395 e. The third-order valence-corrected chi connectivity index (χ3v) is 4.37. The summed E-state index contributed by atoms with van der Waals surface area (Å²) in [5, 5.41) is 9.29. The molecule has 130 valence electrons. The van der Waals surface area contributed by atoms with Gasteiger partial charge in [0, 0.05) is 37.3 Å². The zero-order valence-electron chi connectivity index (χ0n) is 14.1. The number of carbonyl (C=O) groups is 2. The molecule has 1 heterocycles. The van der Waals surface area contributed by atoms with Gasteiger partial charge in [-0.05, 0) is 36.2 Å². The zero-order chi connectivity index (χ0) is 17.6. The molecule has 0 saturated carbocycles. The highest BCUT2D eigenvalue weighted by molar-refractivity contribution is 5.97. The molecule has 2 aromatic rings. The van der Waals surface area contributed by atoms with Crippen molar-refractivity contribution in [1.29, 1.82) is 0 Å². The number of aliphatic hydroxyl groups is 1. The molecule has 0 aliphatic carbocycles. The number of hydrogen-bond acceptors (Lipinski definition) is 3. The molecule has 1 aliphatic rings. The number of hydrogen-bond donors (Lipinski definition) is 1. The van der Waals surface area contributed by atoms with Crippen molar-refractivity contribution in [2.75, 3.05) is 24.6 Å². The lowest BCUT2D eigenvalue weighted by Gasteiger charge is -2.22. The predicted molar refractivity (Wildman–Crippen MR) is 96.3 cm³/mol. The molecule has 3 rings (SSSR count). The number of anilines is 1. The molecule has 5 heteroatoms. The van der Waals surface area contributed by atoms with Crippen molar-refractivity contribution in [3.63, 3.8) is 0 Å². The first-order valence-corrected chi connectivity index (χ1v) is 8.53. The van der Waals surface area contributed by atoms with Crippen LogP contribution in [0.4, 0.5) is 5.69 Å². The summed E-state index contributed by atoms with van der Waals surface area (Å²) in [6, 6.07) is 16.8. The van der Waals surface area contributed by atoms with Crippen molar-refractivity contribution >= 4 is 17.5 Å². The second-order valence-corrected chi connectivity index (χ2v) is 6.13. The van der Waals surface area contributed by atoms with E-state index in [1.807, 2.05) is 42.5 Å². The van der Waals surface area contributed by atoms with Gasteiger partial charge in [0.1, 0.15) is 0 Å². The number of carbonyl (C=O) groups excluding carboxylic acids is 2. The summed E-state index contributed by atoms with van der Waals surface area (Å²) in [6.45, 7) is 1.38. The standard InChI is InChI=1S/C20H22N2O3/c23-14-13-21(15-16-5-2-1-3-6-16)20(25)17-8-10-18(11-9-17)22-12-4-7-19(22)24/h1-3,5-6,8-11,23H,4,7,12-15H2. The number of aliphatic hydroxyl groups excluding tert-OH is 1. The van der Waals surface area contributed by atoms with E-state index in [0.717, 1.165) is 24.2 Å². The van der Waals surface area contributed by atoms with Gasteiger partial charge in [-0.2, -0.15) is 0 Å². The normalized spacial score (nSPS) is 14.0. The first-order chi connectivity index (χ1) is 12.2. The average Bonchev–Trinajstić information content (AvgIpc) is 3.08. The Morgan fingerprint density at radius 1 is 1.08 bits per heavy atom. The lowest BCUT2D eigenvalue weighted by Crippen LogP contribution is -2.33. The Balaban J connectivity index is 1.74. The first-order valence-electron chi connectivity index (χ1n) is 8.53. The Morgan fingerprint density at radius 3 is 2.40 bits per heavy atom. The Kier molecular flexibility index (Phi) is 5.46. The minimum atomic E-state index is -0.128. The smallest absolute Gasteiger partial charge is 0.254 e. The number of nitrogens with zero attached hydrogens (tertiary/aromatic N) is 2. The molecule has 2 amide bonds. The molecule has 0 radical (unpaired) electrons. The minimum absolute atomic E-state index is 0.0844. The summed E-state index contributed by atoms with van der Waals surface area (Å²) in [5.74, 6) is 0.00210. The maximum Gasteiger partial charge on any atom is 0.254 e. The third kappa shape index (κ3) is 4.06. The molecule has 0 atom stereocenters. The summed E-state index contributed by atoms with van der Waals surface area (Å²) in [6.07, 6.45) is 1.46. The van der Waals surface area contributed by atoms with Crippen LogP contribution in [-0.2, 0) is 11.3 Å². The van der Waals surface area contributed by atoms with Crippen molar-refractivity contribution in [2.24, 2.45) is 0 Å². The van der Waals surface area contributed by atoms with Gasteiger partial charge in [-0.25, -0.2) is 0 Å². The highest BCUT2D eigenvalue weighted by atomic mass is 16.3. The van der Waals surface area contributed by atoms with E-state index < -0.39 is 0 Å². The van der Waals surface area contributed by atoms with E-state index in [1.54, 1.807) is 21.9 Å². The van der Waals surface area contributed by atoms with E-state index >= 15 is 0 Å². The van der Waals surface area contributed by atoms with E-state index in [1.165, 1.54) is 0 Å². The molecule has 5 nitrogen and oxygen atoms in total. The topological polar surface area (TPSA) is 60.9 Å². The van der Waals surface area contributed by atoms with Gasteiger partial charge in [-0.15, -0.1) is 0 Å². The van der Waals surface area contributed by atoms with Crippen molar-refractivity contribution in [3.8, 4) is 0 Å². The molecule has 0 unspecified atom stereocenters. The van der Waals surface area contributed by atoms with E-state index in [0.29, 0.717) is 18.5 Å². The van der Waals surface area contributed by atoms with Crippen LogP contribution in [0.1, 0.15) is 28.8 Å². The maximum absolute atomic E-state index is 12.8. The van der Waals surface area contributed by atoms with Crippen LogP contribution in [0.15, 0.2) is 54.6 Å². The Bertz CT molecular complexity index is 728. The van der Waals surface area contributed by atoms with Gasteiger partial charge in [0.2, 0.25) is 5.91 Å². The molecular weight excluding hydrogens is 316 g/mol. The zero-order valence-corrected chi connectivity index (χ0v) is 14.1. The Hall–Kier alpha value is -2.66. The quantitative estimate of drug-likeness (QED) is 0.880. The second-order valence-electron chi connectivity index (χ2n) is 6.13. The maximum atomic E-state index is 12.8. The molecular formula is C20H22N2O3. The van der Waals surface area contributed by atoms with Crippen molar-refractivity contribution in [1.82, 2.24) is 4.90 Å². The lowest BCUT2D eigenvalue weighted by atomic mass is 10.1. The second kappa shape index (κ2) is 7.94. The van der Waals surface area contributed by atoms with Gasteiger partial charge in [0.05, 0.1) is 6.61 Å². The molecule has 1 aliphatic heterocycles. The molecule has 1 saturated heterocycles. The van der Waals surface area contributed by atoms with E-state index in [9.17, 15) is 14.7 Å². The average molecular weight is 338 g/mol. The summed E-state index contributed by atoms with van der Waals surface area (Å²) in [7, 11) is 0. The fourth-order valence-corrected chi connectivity index (χ4v) is 3.06. The SMILES string of the molecule is O=C(c1ccc(N2CCCC2=O)cc1)N(CCO)Cc1ccccc1. The van der Waals surface area contributed by atoms with Crippen LogP contribution in [0.5, 0.6) is 0 Å². The fraction of sp³-hybridized carbons (Fsp3) is 0.300. The third-order valence-electron chi connectivity index (χ3n) is 4.37. The first kappa shape index (κ1) is 17.2. The van der Waals surface area contributed by atoms with Crippen LogP contribution in [0.3, 0.4) is 0 Å². The largest absolute Gasteiger partial charge is 0.395 e. The van der Waals surface area contributed by atoms with Crippen LogP contribution in [0.25, 0.3) is 0 Å². The van der Waals surface area contributed by atoms with Gasteiger partial charge in [-0.3, -0.25) is 9.59 Å². The monoisotopic (exact) mass is 338 g/mol. The van der Waals surface area contributed by atoms with Gasteiger partial charge in [-0.1, -0.05) is 30.3 Å². The van der Waals surface area contributed by atoms with Crippen LogP contribution in [0.2, 0.25) is 0 Å². The summed E-state index contributed by atoms with van der Waals surface area (Å²) < 4.78 is 0. The molecule has 0 aromatic heterocycles. The van der Waals surface area contributed by atoms with E-state index in [4.69, 9.17) is 0 Å². The highest BCUT2D eigenvalue weighted by Crippen LogP contribution is 2.22. The summed E-state index contributed by atoms with van der Waals surface area (Å²) >= 11 is 0. The Morgan fingerprint density at radius 2 is 1.80 bits per heavy atom. The van der Waals surface area contributed by atoms with Crippen molar-refractivity contribution < 1.29 is 14.7 Å². The predicted octanol–water partition coefficient (Wildman–Crippen LogP) is 2.45. The molecule has 1 fully saturated rings. The number of amides is 2. The number of benzene rings is 2. The van der Waals surface area contributed by atoms with Gasteiger partial charge in [0.15, 0.2) is 0 Å².